The summed E-state index contributed by atoms with van der Waals surface area (Å²) in [6.07, 6.45) is 3.51. The number of halogens is 1. The second-order valence-electron chi connectivity index (χ2n) is 6.56. The maximum atomic E-state index is 13.7. The van der Waals surface area contributed by atoms with Crippen molar-refractivity contribution in [3.8, 4) is 5.75 Å². The fraction of sp³-hybridized carbons (Fsp3) is 0.381. The van der Waals surface area contributed by atoms with E-state index >= 15 is 0 Å². The van der Waals surface area contributed by atoms with Crippen molar-refractivity contribution in [2.75, 3.05) is 6.61 Å². The molecule has 0 radical (unpaired) electrons. The van der Waals surface area contributed by atoms with E-state index in [1.54, 1.807) is 6.07 Å². The Morgan fingerprint density at radius 1 is 1.16 bits per heavy atom. The summed E-state index contributed by atoms with van der Waals surface area (Å²) in [5.74, 6) is 0.494. The lowest BCUT2D eigenvalue weighted by molar-refractivity contribution is -0.126. The van der Waals surface area contributed by atoms with Crippen LogP contribution in [0.25, 0.3) is 0 Å². The molecular weight excluding hydrogens is 317 g/mol. The minimum Gasteiger partial charge on any atom is -0.494 e. The van der Waals surface area contributed by atoms with Crippen molar-refractivity contribution in [1.82, 2.24) is 5.32 Å². The summed E-state index contributed by atoms with van der Waals surface area (Å²) in [7, 11) is 0. The fourth-order valence-corrected chi connectivity index (χ4v) is 3.67. The highest BCUT2D eigenvalue weighted by molar-refractivity contribution is 5.88. The Morgan fingerprint density at radius 3 is 2.64 bits per heavy atom. The molecule has 0 spiro atoms. The third-order valence-electron chi connectivity index (χ3n) is 4.93. The van der Waals surface area contributed by atoms with Crippen LogP contribution in [0.2, 0.25) is 0 Å². The number of nitrogens with one attached hydrogen (secondary N) is 1. The van der Waals surface area contributed by atoms with E-state index in [0.29, 0.717) is 13.2 Å². The summed E-state index contributed by atoms with van der Waals surface area (Å²) >= 11 is 0. The Kier molecular flexibility index (Phi) is 5.37. The minimum atomic E-state index is -0.611. The van der Waals surface area contributed by atoms with Crippen LogP contribution in [0.4, 0.5) is 4.39 Å². The predicted molar refractivity (Wildman–Crippen MR) is 96.0 cm³/mol. The van der Waals surface area contributed by atoms with Gasteiger partial charge in [-0.1, -0.05) is 37.1 Å². The molecule has 2 aromatic carbocycles. The highest BCUT2D eigenvalue weighted by Gasteiger charge is 2.42. The Bertz CT molecular complexity index is 738. The Hall–Kier alpha value is -2.36. The Morgan fingerprint density at radius 2 is 1.92 bits per heavy atom. The molecule has 0 atom stereocenters. The van der Waals surface area contributed by atoms with Crippen molar-refractivity contribution < 1.29 is 13.9 Å². The highest BCUT2D eigenvalue weighted by Crippen LogP contribution is 2.41. The van der Waals surface area contributed by atoms with E-state index in [9.17, 15) is 9.18 Å². The second kappa shape index (κ2) is 7.68. The van der Waals surface area contributed by atoms with E-state index in [0.717, 1.165) is 42.6 Å². The molecule has 1 amide bonds. The van der Waals surface area contributed by atoms with Gasteiger partial charge in [-0.25, -0.2) is 4.39 Å². The molecule has 1 fully saturated rings. The fourth-order valence-electron chi connectivity index (χ4n) is 3.67. The molecule has 2 aromatic rings. The van der Waals surface area contributed by atoms with Crippen molar-refractivity contribution in [1.29, 1.82) is 0 Å². The van der Waals surface area contributed by atoms with Gasteiger partial charge in [-0.05, 0) is 55.2 Å². The lowest BCUT2D eigenvalue weighted by Gasteiger charge is -2.28. The monoisotopic (exact) mass is 341 g/mol. The Balaban J connectivity index is 1.75. The number of hydrogen-bond acceptors (Lipinski definition) is 2. The zero-order chi connectivity index (χ0) is 17.7. The van der Waals surface area contributed by atoms with Crippen LogP contribution in [-0.2, 0) is 16.8 Å². The number of amides is 1. The normalized spacial score (nSPS) is 15.8. The smallest absolute Gasteiger partial charge is 0.230 e. The van der Waals surface area contributed by atoms with Crippen molar-refractivity contribution >= 4 is 5.91 Å². The third-order valence-corrected chi connectivity index (χ3v) is 4.93. The number of hydrogen-bond donors (Lipinski definition) is 1. The number of ether oxygens (including phenoxy) is 1. The zero-order valence-corrected chi connectivity index (χ0v) is 14.6. The molecule has 0 bridgehead atoms. The van der Waals surface area contributed by atoms with Gasteiger partial charge >= 0.3 is 0 Å². The predicted octanol–water partition coefficient (Wildman–Crippen LogP) is 4.35. The largest absolute Gasteiger partial charge is 0.494 e. The number of benzene rings is 2. The van der Waals surface area contributed by atoms with Crippen LogP contribution in [0.3, 0.4) is 0 Å². The van der Waals surface area contributed by atoms with Gasteiger partial charge in [-0.2, -0.15) is 0 Å². The lowest BCUT2D eigenvalue weighted by atomic mass is 9.78. The average molecular weight is 341 g/mol. The van der Waals surface area contributed by atoms with Gasteiger partial charge in [0.25, 0.3) is 0 Å². The van der Waals surface area contributed by atoms with Crippen LogP contribution in [0.5, 0.6) is 5.75 Å². The topological polar surface area (TPSA) is 38.3 Å². The molecule has 25 heavy (non-hydrogen) atoms. The average Bonchev–Trinajstić information content (AvgIpc) is 3.11. The molecule has 1 saturated carbocycles. The van der Waals surface area contributed by atoms with Gasteiger partial charge in [0.05, 0.1) is 12.0 Å². The van der Waals surface area contributed by atoms with E-state index in [2.05, 4.69) is 5.32 Å². The summed E-state index contributed by atoms with van der Waals surface area (Å²) in [4.78, 5) is 13.0. The number of carbonyl (C=O) groups excluding carboxylic acids is 1. The maximum Gasteiger partial charge on any atom is 0.230 e. The van der Waals surface area contributed by atoms with Crippen LogP contribution in [0.1, 0.15) is 43.7 Å². The number of carbonyl (C=O) groups is 1. The SMILES string of the molecule is CCOc1cccc(CNC(=O)C2(c3cccc(F)c3)CCCC2)c1. The highest BCUT2D eigenvalue weighted by atomic mass is 19.1. The van der Waals surface area contributed by atoms with Gasteiger partial charge < -0.3 is 10.1 Å². The van der Waals surface area contributed by atoms with Gasteiger partial charge in [0.15, 0.2) is 0 Å². The van der Waals surface area contributed by atoms with E-state index in [4.69, 9.17) is 4.74 Å². The summed E-state index contributed by atoms with van der Waals surface area (Å²) in [6.45, 7) is 2.99. The van der Waals surface area contributed by atoms with E-state index < -0.39 is 5.41 Å². The van der Waals surface area contributed by atoms with E-state index in [1.807, 2.05) is 37.3 Å². The quantitative estimate of drug-likeness (QED) is 0.848. The van der Waals surface area contributed by atoms with Gasteiger partial charge in [0.2, 0.25) is 5.91 Å². The first-order chi connectivity index (χ1) is 12.1. The second-order valence-corrected chi connectivity index (χ2v) is 6.56. The van der Waals surface area contributed by atoms with Crippen molar-refractivity contribution in [2.24, 2.45) is 0 Å². The minimum absolute atomic E-state index is 0.0163. The molecule has 0 unspecified atom stereocenters. The summed E-state index contributed by atoms with van der Waals surface area (Å²) < 4.78 is 19.2. The molecule has 3 nitrogen and oxygen atoms in total. The Labute approximate surface area is 148 Å². The van der Waals surface area contributed by atoms with Crippen LogP contribution in [0.15, 0.2) is 48.5 Å². The van der Waals surface area contributed by atoms with Crippen LogP contribution in [-0.4, -0.2) is 12.5 Å². The van der Waals surface area contributed by atoms with Crippen molar-refractivity contribution in [3.63, 3.8) is 0 Å². The van der Waals surface area contributed by atoms with Gasteiger partial charge in [-0.3, -0.25) is 4.79 Å². The maximum absolute atomic E-state index is 13.7. The molecule has 0 heterocycles. The van der Waals surface area contributed by atoms with Gasteiger partial charge in [0, 0.05) is 6.54 Å². The third kappa shape index (κ3) is 3.84. The molecule has 0 aliphatic heterocycles. The van der Waals surface area contributed by atoms with Crippen LogP contribution >= 0.6 is 0 Å². The van der Waals surface area contributed by atoms with Crippen molar-refractivity contribution in [2.45, 2.75) is 44.6 Å². The molecule has 1 aliphatic rings. The first kappa shape index (κ1) is 17.5. The first-order valence-corrected chi connectivity index (χ1v) is 8.90. The molecule has 4 heteroatoms. The number of rotatable bonds is 6. The van der Waals surface area contributed by atoms with Crippen LogP contribution < -0.4 is 10.1 Å². The molecule has 132 valence electrons. The van der Waals surface area contributed by atoms with E-state index in [-0.39, 0.29) is 11.7 Å². The summed E-state index contributed by atoms with van der Waals surface area (Å²) in [6, 6.07) is 14.2. The van der Waals surface area contributed by atoms with Gasteiger partial charge in [0.1, 0.15) is 11.6 Å². The first-order valence-electron chi connectivity index (χ1n) is 8.90. The molecular formula is C21H24FNO2. The summed E-state index contributed by atoms with van der Waals surface area (Å²) in [5, 5.41) is 3.05. The molecule has 1 aliphatic carbocycles. The van der Waals surface area contributed by atoms with E-state index in [1.165, 1.54) is 12.1 Å². The zero-order valence-electron chi connectivity index (χ0n) is 14.6. The molecule has 0 saturated heterocycles. The molecule has 0 aromatic heterocycles. The lowest BCUT2D eigenvalue weighted by Crippen LogP contribution is -2.42. The standard InChI is InChI=1S/C21H24FNO2/c1-2-25-19-10-5-7-16(13-19)15-23-20(24)21(11-3-4-12-21)17-8-6-9-18(22)14-17/h5-10,13-14H,2-4,11-12,15H2,1H3,(H,23,24). The molecule has 3 rings (SSSR count). The van der Waals surface area contributed by atoms with Crippen molar-refractivity contribution in [3.05, 3.63) is 65.5 Å². The molecule has 1 N–H and O–H groups in total. The summed E-state index contributed by atoms with van der Waals surface area (Å²) in [5.41, 5.74) is 1.16. The van der Waals surface area contributed by atoms with Gasteiger partial charge in [-0.15, -0.1) is 0 Å². The van der Waals surface area contributed by atoms with Crippen LogP contribution in [0, 0.1) is 5.82 Å².